The monoisotopic (exact) mass is 886 g/mol. The van der Waals surface area contributed by atoms with Gasteiger partial charge >= 0.3 is 6.09 Å². The molecule has 3 aromatic carbocycles. The number of carbonyl (C=O) groups is 3. The Morgan fingerprint density at radius 2 is 1.44 bits per heavy atom. The van der Waals surface area contributed by atoms with E-state index in [0.717, 1.165) is 76.3 Å². The lowest BCUT2D eigenvalue weighted by Gasteiger charge is -2.31. The number of benzene rings is 3. The molecule has 326 valence electrons. The number of aliphatic hydroxyl groups is 1. The van der Waals surface area contributed by atoms with Gasteiger partial charge in [0.1, 0.15) is 17.7 Å². The van der Waals surface area contributed by atoms with Gasteiger partial charge in [0, 0.05) is 42.1 Å². The quantitative estimate of drug-likeness (QED) is 0.0711. The van der Waals surface area contributed by atoms with E-state index in [4.69, 9.17) is 19.4 Å². The first-order chi connectivity index (χ1) is 30.6. The minimum Gasteiger partial charge on any atom is -0.453 e. The van der Waals surface area contributed by atoms with Crippen LogP contribution in [0.2, 0.25) is 0 Å². The van der Waals surface area contributed by atoms with E-state index in [0.29, 0.717) is 18.7 Å². The van der Waals surface area contributed by atoms with E-state index in [1.54, 1.807) is 22.7 Å². The molecule has 1 unspecified atom stereocenters. The van der Waals surface area contributed by atoms with E-state index >= 15 is 0 Å². The van der Waals surface area contributed by atoms with Crippen molar-refractivity contribution < 1.29 is 29.0 Å². The molecule has 2 aliphatic heterocycles. The van der Waals surface area contributed by atoms with Crippen molar-refractivity contribution in [3.63, 3.8) is 0 Å². The van der Waals surface area contributed by atoms with E-state index in [9.17, 15) is 19.5 Å². The van der Waals surface area contributed by atoms with Crippen LogP contribution in [0.15, 0.2) is 89.8 Å². The number of rotatable bonds is 13. The van der Waals surface area contributed by atoms with Crippen molar-refractivity contribution >= 4 is 61.0 Å². The van der Waals surface area contributed by atoms with Crippen molar-refractivity contribution in [1.29, 1.82) is 0 Å². The molecule has 5 atom stereocenters. The second kappa shape index (κ2) is 18.1. The zero-order valence-electron chi connectivity index (χ0n) is 35.5. The Morgan fingerprint density at radius 1 is 0.810 bits per heavy atom. The number of amides is 3. The molecule has 14 nitrogen and oxygen atoms in total. The number of alkyl carbamates (subject to hydrolysis) is 1. The highest BCUT2D eigenvalue weighted by Crippen LogP contribution is 2.45. The van der Waals surface area contributed by atoms with Crippen LogP contribution in [0.4, 0.5) is 4.79 Å². The highest BCUT2D eigenvalue weighted by Gasteiger charge is 2.39. The fraction of sp³-hybridized carbons (Fsp3) is 0.340. The van der Waals surface area contributed by atoms with Gasteiger partial charge in [-0.05, 0) is 66.0 Å². The number of carbonyl (C=O) groups excluding carboxylic acids is 3. The Bertz CT molecular complexity index is 2740. The minimum atomic E-state index is -1.23. The summed E-state index contributed by atoms with van der Waals surface area (Å²) in [7, 11) is 2.68. The Balaban J connectivity index is 0.907. The van der Waals surface area contributed by atoms with E-state index < -0.39 is 24.6 Å². The number of likely N-dealkylation sites (tertiary alicyclic amines) is 2. The number of thiophene rings is 2. The lowest BCUT2D eigenvalue weighted by Crippen LogP contribution is -2.52. The lowest BCUT2D eigenvalue weighted by molar-refractivity contribution is -0.145. The molecular weight excluding hydrogens is 837 g/mol. The Hall–Kier alpha value is -5.91. The third-order valence-corrected chi connectivity index (χ3v) is 14.4. The number of H-pyrrole nitrogens is 2. The van der Waals surface area contributed by atoms with Crippen molar-refractivity contribution in [2.75, 3.05) is 27.3 Å². The maximum atomic E-state index is 14.0. The fourth-order valence-electron chi connectivity index (χ4n) is 8.91. The standard InChI is InChI=1S/C47H50N8O6S2/c1-26(2)38(52-46(58)60-3)44(56)54-20-8-12-36(54)42-48-23-35(51-42)28-16-14-27(15-17-28)31-24-62-41-32(25-63-40(31)41)30-18-19-33-34(22-30)50-43(49-33)37-13-9-21-55(37)45(57)39(53-47(59)61-4)29-10-6-5-7-11-29/h5-7,10-11,14-19,22-26,36-39,46,52,58H,8-9,12-13,20-21H2,1-4H3,(H,48,51)(H,49,50)(H,53,59)/t36-,37-,38-,39+,46?/m0/s1. The lowest BCUT2D eigenvalue weighted by atomic mass is 10.0. The van der Waals surface area contributed by atoms with Crippen LogP contribution >= 0.6 is 22.7 Å². The van der Waals surface area contributed by atoms with E-state index in [1.165, 1.54) is 29.2 Å². The first kappa shape index (κ1) is 42.4. The number of ether oxygens (including phenoxy) is 2. The molecular formula is C47H50N8O6S2. The van der Waals surface area contributed by atoms with E-state index in [-0.39, 0.29) is 29.8 Å². The maximum Gasteiger partial charge on any atom is 0.407 e. The number of nitrogens with one attached hydrogen (secondary N) is 4. The summed E-state index contributed by atoms with van der Waals surface area (Å²) >= 11 is 3.47. The number of aromatic nitrogens is 4. The van der Waals surface area contributed by atoms with Gasteiger partial charge in [0.2, 0.25) is 12.3 Å². The molecule has 2 fully saturated rings. The van der Waals surface area contributed by atoms with Crippen LogP contribution in [0.5, 0.6) is 0 Å². The molecule has 0 spiro atoms. The molecule has 0 saturated carbocycles. The van der Waals surface area contributed by atoms with Crippen molar-refractivity contribution in [1.82, 2.24) is 40.4 Å². The average molecular weight is 887 g/mol. The third kappa shape index (κ3) is 8.36. The largest absolute Gasteiger partial charge is 0.453 e. The minimum absolute atomic E-state index is 0.0466. The summed E-state index contributed by atoms with van der Waals surface area (Å²) in [6.07, 6.45) is 3.20. The predicted octanol–water partition coefficient (Wildman–Crippen LogP) is 8.52. The zero-order valence-corrected chi connectivity index (χ0v) is 37.1. The van der Waals surface area contributed by atoms with Gasteiger partial charge in [0.15, 0.2) is 0 Å². The third-order valence-electron chi connectivity index (χ3n) is 12.2. The molecule has 6 heterocycles. The second-order valence-corrected chi connectivity index (χ2v) is 18.2. The Morgan fingerprint density at radius 3 is 2.11 bits per heavy atom. The van der Waals surface area contributed by atoms with Gasteiger partial charge in [0.05, 0.1) is 57.6 Å². The van der Waals surface area contributed by atoms with Crippen molar-refractivity contribution in [2.24, 2.45) is 5.92 Å². The van der Waals surface area contributed by atoms with Gasteiger partial charge in [-0.2, -0.15) is 0 Å². The van der Waals surface area contributed by atoms with Crippen molar-refractivity contribution in [2.45, 2.75) is 70.1 Å². The maximum absolute atomic E-state index is 14.0. The first-order valence-electron chi connectivity index (χ1n) is 21.2. The summed E-state index contributed by atoms with van der Waals surface area (Å²) in [5.41, 5.74) is 8.84. The molecule has 2 saturated heterocycles. The molecule has 2 aliphatic rings. The molecule has 3 amide bonds. The van der Waals surface area contributed by atoms with Gasteiger partial charge in [-0.15, -0.1) is 22.7 Å². The van der Waals surface area contributed by atoms with E-state index in [2.05, 4.69) is 67.8 Å². The number of imidazole rings is 2. The normalized spacial score (nSPS) is 18.1. The van der Waals surface area contributed by atoms with Crippen LogP contribution in [-0.4, -0.2) is 92.5 Å². The second-order valence-electron chi connectivity index (χ2n) is 16.4. The summed E-state index contributed by atoms with van der Waals surface area (Å²) in [6.45, 7) is 5.08. The van der Waals surface area contributed by atoms with Crippen molar-refractivity contribution in [3.05, 3.63) is 107 Å². The van der Waals surface area contributed by atoms with E-state index in [1.807, 2.05) is 66.2 Å². The highest BCUT2D eigenvalue weighted by atomic mass is 32.1. The van der Waals surface area contributed by atoms with Crippen LogP contribution in [-0.2, 0) is 19.1 Å². The van der Waals surface area contributed by atoms with Crippen LogP contribution < -0.4 is 10.6 Å². The summed E-state index contributed by atoms with van der Waals surface area (Å²) in [4.78, 5) is 60.4. The number of hydrogen-bond donors (Lipinski definition) is 5. The zero-order chi connectivity index (χ0) is 43.8. The SMILES string of the molecule is COC(=O)N[C@@H](C(=O)N1CCC[C@H]1c1nc2ccc(-c3csc4c(-c5ccc(-c6cnc([C@@H]7CCCN7C(=O)[C@@H](NC(O)OC)C(C)C)[nH]6)cc5)csc34)cc2[nH]1)c1ccccc1. The van der Waals surface area contributed by atoms with Crippen LogP contribution in [0.1, 0.15) is 74.9 Å². The molecule has 16 heteroatoms. The molecule has 4 aromatic heterocycles. The molecule has 0 radical (unpaired) electrons. The van der Waals surface area contributed by atoms with Gasteiger partial charge in [-0.1, -0.05) is 74.5 Å². The summed E-state index contributed by atoms with van der Waals surface area (Å²) < 4.78 is 12.3. The average Bonchev–Trinajstić information content (AvgIpc) is 4.17. The van der Waals surface area contributed by atoms with Gasteiger partial charge < -0.3 is 39.7 Å². The predicted molar refractivity (Wildman–Crippen MR) is 245 cm³/mol. The number of nitrogens with zero attached hydrogens (tertiary/aromatic N) is 4. The molecule has 63 heavy (non-hydrogen) atoms. The Kier molecular flexibility index (Phi) is 12.2. The van der Waals surface area contributed by atoms with Crippen LogP contribution in [0.25, 0.3) is 53.9 Å². The number of aliphatic hydroxyl groups excluding tert-OH is 1. The van der Waals surface area contributed by atoms with Gasteiger partial charge in [0.25, 0.3) is 5.91 Å². The number of aromatic amines is 2. The van der Waals surface area contributed by atoms with Crippen LogP contribution in [0, 0.1) is 5.92 Å². The molecule has 9 rings (SSSR count). The molecule has 7 aromatic rings. The number of fused-ring (bicyclic) bond motifs is 2. The van der Waals surface area contributed by atoms with Gasteiger partial charge in [-0.3, -0.25) is 14.9 Å². The summed E-state index contributed by atoms with van der Waals surface area (Å²) in [5.74, 6) is 1.15. The number of methoxy groups -OCH3 is 2. The summed E-state index contributed by atoms with van der Waals surface area (Å²) in [5, 5.41) is 20.1. The van der Waals surface area contributed by atoms with Gasteiger partial charge in [-0.25, -0.2) is 14.8 Å². The fourth-order valence-corrected chi connectivity index (χ4v) is 11.4. The Labute approximate surface area is 372 Å². The smallest absolute Gasteiger partial charge is 0.407 e. The topological polar surface area (TPSA) is 178 Å². The molecule has 5 N–H and O–H groups in total. The van der Waals surface area contributed by atoms with Crippen molar-refractivity contribution in [3.8, 4) is 33.5 Å². The molecule has 0 aliphatic carbocycles. The first-order valence-corrected chi connectivity index (χ1v) is 23.0. The van der Waals surface area contributed by atoms with Crippen LogP contribution in [0.3, 0.4) is 0 Å². The summed E-state index contributed by atoms with van der Waals surface area (Å²) in [6, 6.07) is 22.1. The number of hydrogen-bond acceptors (Lipinski definition) is 11. The molecule has 0 bridgehead atoms. The highest BCUT2D eigenvalue weighted by molar-refractivity contribution is 7.27.